The second-order valence-electron chi connectivity index (χ2n) is 5.53. The quantitative estimate of drug-likeness (QED) is 0.734. The molecular weight excluding hydrogens is 262 g/mol. The molecule has 0 aromatic rings. The van der Waals surface area contributed by atoms with Gasteiger partial charge in [-0.05, 0) is 32.1 Å². The molecule has 2 unspecified atom stereocenters. The minimum Gasteiger partial charge on any atom is -0.480 e. The molecule has 0 radical (unpaired) electrons. The highest BCUT2D eigenvalue weighted by Gasteiger charge is 2.26. The molecule has 1 saturated heterocycles. The van der Waals surface area contributed by atoms with Crippen molar-refractivity contribution >= 4 is 11.9 Å². The number of carboxylic acid groups (broad SMARTS) is 1. The van der Waals surface area contributed by atoms with Crippen LogP contribution < -0.4 is 5.32 Å². The number of carbonyl (C=O) groups is 2. The van der Waals surface area contributed by atoms with Crippen molar-refractivity contribution in [3.8, 4) is 0 Å². The average molecular weight is 287 g/mol. The van der Waals surface area contributed by atoms with Crippen LogP contribution in [0.1, 0.15) is 40.0 Å². The van der Waals surface area contributed by atoms with Crippen molar-refractivity contribution in [2.24, 2.45) is 5.92 Å². The zero-order valence-electron chi connectivity index (χ0n) is 12.4. The Morgan fingerprint density at radius 3 is 2.55 bits per heavy atom. The molecule has 20 heavy (non-hydrogen) atoms. The Balaban J connectivity index is 2.35. The third kappa shape index (κ3) is 5.46. The Bertz CT molecular complexity index is 326. The summed E-state index contributed by atoms with van der Waals surface area (Å²) >= 11 is 0. The van der Waals surface area contributed by atoms with Gasteiger partial charge in [0, 0.05) is 6.61 Å². The van der Waals surface area contributed by atoms with Crippen LogP contribution in [0.25, 0.3) is 0 Å². The van der Waals surface area contributed by atoms with Gasteiger partial charge in [0.05, 0.1) is 12.7 Å². The molecule has 1 aliphatic heterocycles. The number of nitrogens with one attached hydrogen (secondary N) is 1. The van der Waals surface area contributed by atoms with Gasteiger partial charge < -0.3 is 19.9 Å². The van der Waals surface area contributed by atoms with Gasteiger partial charge in [0.2, 0.25) is 5.91 Å². The van der Waals surface area contributed by atoms with E-state index in [2.05, 4.69) is 5.32 Å². The molecule has 6 heteroatoms. The van der Waals surface area contributed by atoms with Crippen molar-refractivity contribution in [2.75, 3.05) is 13.2 Å². The van der Waals surface area contributed by atoms with Crippen LogP contribution in [0, 0.1) is 5.92 Å². The second-order valence-corrected chi connectivity index (χ2v) is 5.53. The maximum absolute atomic E-state index is 11.9. The smallest absolute Gasteiger partial charge is 0.326 e. The van der Waals surface area contributed by atoms with Crippen molar-refractivity contribution in [3.63, 3.8) is 0 Å². The van der Waals surface area contributed by atoms with Gasteiger partial charge in [0.25, 0.3) is 0 Å². The predicted molar refractivity (Wildman–Crippen MR) is 73.4 cm³/mol. The fourth-order valence-corrected chi connectivity index (χ4v) is 2.05. The summed E-state index contributed by atoms with van der Waals surface area (Å²) in [7, 11) is 0. The normalized spacial score (nSPS) is 22.3. The van der Waals surface area contributed by atoms with Crippen LogP contribution in [0.2, 0.25) is 0 Å². The van der Waals surface area contributed by atoms with E-state index >= 15 is 0 Å². The summed E-state index contributed by atoms with van der Waals surface area (Å²) < 4.78 is 11.0. The maximum Gasteiger partial charge on any atom is 0.326 e. The molecule has 0 saturated carbocycles. The van der Waals surface area contributed by atoms with E-state index in [-0.39, 0.29) is 12.0 Å². The zero-order chi connectivity index (χ0) is 15.1. The first kappa shape index (κ1) is 16.9. The molecule has 6 nitrogen and oxygen atoms in total. The Kier molecular flexibility index (Phi) is 6.95. The van der Waals surface area contributed by atoms with E-state index in [1.54, 1.807) is 20.8 Å². The number of carboxylic acids is 1. The minimum atomic E-state index is -1.03. The lowest BCUT2D eigenvalue weighted by molar-refractivity contribution is -0.146. The van der Waals surface area contributed by atoms with Crippen LogP contribution in [0.3, 0.4) is 0 Å². The van der Waals surface area contributed by atoms with Crippen molar-refractivity contribution in [3.05, 3.63) is 0 Å². The summed E-state index contributed by atoms with van der Waals surface area (Å²) in [5.74, 6) is -1.61. The molecule has 1 amide bonds. The first-order valence-corrected chi connectivity index (χ1v) is 7.18. The van der Waals surface area contributed by atoms with Gasteiger partial charge in [-0.1, -0.05) is 13.8 Å². The molecule has 1 rings (SSSR count). The molecule has 1 heterocycles. The molecule has 3 atom stereocenters. The predicted octanol–water partition coefficient (Wildman–Crippen LogP) is 1.19. The van der Waals surface area contributed by atoms with Crippen molar-refractivity contribution in [1.29, 1.82) is 0 Å². The van der Waals surface area contributed by atoms with Crippen molar-refractivity contribution in [1.82, 2.24) is 5.32 Å². The first-order valence-electron chi connectivity index (χ1n) is 7.18. The number of rotatable bonds is 7. The summed E-state index contributed by atoms with van der Waals surface area (Å²) in [4.78, 5) is 22.9. The monoisotopic (exact) mass is 287 g/mol. The molecule has 0 bridgehead atoms. The molecule has 116 valence electrons. The lowest BCUT2D eigenvalue weighted by Gasteiger charge is -2.25. The number of amides is 1. The third-order valence-electron chi connectivity index (χ3n) is 3.41. The molecule has 0 aliphatic carbocycles. The highest BCUT2D eigenvalue weighted by atomic mass is 16.5. The maximum atomic E-state index is 11.9. The number of aliphatic carboxylic acids is 1. The van der Waals surface area contributed by atoms with Crippen LogP contribution in [0.5, 0.6) is 0 Å². The van der Waals surface area contributed by atoms with E-state index in [9.17, 15) is 9.59 Å². The van der Waals surface area contributed by atoms with Crippen LogP contribution in [-0.4, -0.2) is 48.4 Å². The Hall–Kier alpha value is -1.14. The lowest BCUT2D eigenvalue weighted by atomic mass is 10.0. The molecule has 0 aromatic carbocycles. The molecule has 0 spiro atoms. The van der Waals surface area contributed by atoms with E-state index in [1.165, 1.54) is 0 Å². The summed E-state index contributed by atoms with van der Waals surface area (Å²) in [6, 6.07) is -0.889. The number of carbonyl (C=O) groups excluding carboxylic acids is 1. The highest BCUT2D eigenvalue weighted by Crippen LogP contribution is 2.13. The summed E-state index contributed by atoms with van der Waals surface area (Å²) in [6.45, 7) is 6.23. The number of hydrogen-bond acceptors (Lipinski definition) is 4. The standard InChI is InChI=1S/C14H25NO5/c1-9(2)12(14(17)18)15-13(16)10(3)20-8-11-6-4-5-7-19-11/h9-12H,4-8H2,1-3H3,(H,15,16)(H,17,18)/t10?,11?,12-/m0/s1. The second kappa shape index (κ2) is 8.21. The molecule has 1 aliphatic rings. The van der Waals surface area contributed by atoms with E-state index in [0.717, 1.165) is 25.9 Å². The summed E-state index contributed by atoms with van der Waals surface area (Å²) in [5, 5.41) is 11.5. The molecular formula is C14H25NO5. The van der Waals surface area contributed by atoms with Crippen LogP contribution in [0.4, 0.5) is 0 Å². The Morgan fingerprint density at radius 1 is 1.35 bits per heavy atom. The SMILES string of the molecule is CC(OCC1CCCCO1)C(=O)N[C@H](C(=O)O)C(C)C. The third-order valence-corrected chi connectivity index (χ3v) is 3.41. The highest BCUT2D eigenvalue weighted by molar-refractivity contribution is 5.86. The van der Waals surface area contributed by atoms with Gasteiger partial charge in [-0.25, -0.2) is 4.79 Å². The lowest BCUT2D eigenvalue weighted by Crippen LogP contribution is -2.48. The van der Waals surface area contributed by atoms with Gasteiger partial charge in [-0.15, -0.1) is 0 Å². The van der Waals surface area contributed by atoms with Gasteiger partial charge in [0.1, 0.15) is 12.1 Å². The first-order chi connectivity index (χ1) is 9.41. The van der Waals surface area contributed by atoms with Gasteiger partial charge in [-0.3, -0.25) is 4.79 Å². The topological polar surface area (TPSA) is 84.9 Å². The van der Waals surface area contributed by atoms with Crippen LogP contribution in [-0.2, 0) is 19.1 Å². The van der Waals surface area contributed by atoms with E-state index < -0.39 is 24.0 Å². The summed E-state index contributed by atoms with van der Waals surface area (Å²) in [6.07, 6.45) is 2.49. The molecule has 2 N–H and O–H groups in total. The van der Waals surface area contributed by atoms with E-state index in [0.29, 0.717) is 6.61 Å². The van der Waals surface area contributed by atoms with Gasteiger partial charge >= 0.3 is 5.97 Å². The largest absolute Gasteiger partial charge is 0.480 e. The number of ether oxygens (including phenoxy) is 2. The van der Waals surface area contributed by atoms with Crippen LogP contribution in [0.15, 0.2) is 0 Å². The van der Waals surface area contributed by atoms with Crippen molar-refractivity contribution < 1.29 is 24.2 Å². The molecule has 0 aromatic heterocycles. The van der Waals surface area contributed by atoms with Crippen LogP contribution >= 0.6 is 0 Å². The minimum absolute atomic E-state index is 0.0411. The zero-order valence-corrected chi connectivity index (χ0v) is 12.4. The fraction of sp³-hybridized carbons (Fsp3) is 0.857. The van der Waals surface area contributed by atoms with E-state index in [1.807, 2.05) is 0 Å². The number of hydrogen-bond donors (Lipinski definition) is 2. The van der Waals surface area contributed by atoms with Crippen molar-refractivity contribution in [2.45, 2.75) is 58.3 Å². The Morgan fingerprint density at radius 2 is 2.05 bits per heavy atom. The molecule has 1 fully saturated rings. The summed E-state index contributed by atoms with van der Waals surface area (Å²) in [5.41, 5.74) is 0. The Labute approximate surface area is 119 Å². The fourth-order valence-electron chi connectivity index (χ4n) is 2.05. The van der Waals surface area contributed by atoms with E-state index in [4.69, 9.17) is 14.6 Å². The van der Waals surface area contributed by atoms with Gasteiger partial charge in [-0.2, -0.15) is 0 Å². The average Bonchev–Trinajstić information content (AvgIpc) is 2.42. The van der Waals surface area contributed by atoms with Gasteiger partial charge in [0.15, 0.2) is 0 Å².